The molecule has 4 nitrogen and oxygen atoms in total. The third kappa shape index (κ3) is 3.19. The van der Waals surface area contributed by atoms with Gasteiger partial charge in [-0.3, -0.25) is 4.79 Å². The average molecular weight is 266 g/mol. The Labute approximate surface area is 114 Å². The van der Waals surface area contributed by atoms with Crippen molar-refractivity contribution in [3.8, 4) is 11.5 Å². The van der Waals surface area contributed by atoms with E-state index in [0.717, 1.165) is 23.3 Å². The highest BCUT2D eigenvalue weighted by atomic mass is 16.5. The number of carboxylic acids is 1. The zero-order chi connectivity index (χ0) is 14.6. The molecule has 1 aromatic carbocycles. The molecular formula is C15H22O4. The number of hydrogen-bond donors (Lipinski definition) is 1. The highest BCUT2D eigenvalue weighted by molar-refractivity contribution is 5.70. The first-order valence-electron chi connectivity index (χ1n) is 6.33. The maximum Gasteiger partial charge on any atom is 0.304 e. The number of ether oxygens (including phenoxy) is 2. The predicted octanol–water partition coefficient (Wildman–Crippen LogP) is 3.02. The Morgan fingerprint density at radius 2 is 1.74 bits per heavy atom. The van der Waals surface area contributed by atoms with Crippen LogP contribution in [0.1, 0.15) is 38.3 Å². The van der Waals surface area contributed by atoms with E-state index < -0.39 is 11.4 Å². The highest BCUT2D eigenvalue weighted by Crippen LogP contribution is 2.41. The van der Waals surface area contributed by atoms with Crippen molar-refractivity contribution >= 4 is 5.97 Å². The van der Waals surface area contributed by atoms with Gasteiger partial charge in [0.15, 0.2) is 0 Å². The molecule has 0 aromatic heterocycles. The fraction of sp³-hybridized carbons (Fsp3) is 0.533. The summed E-state index contributed by atoms with van der Waals surface area (Å²) >= 11 is 0. The monoisotopic (exact) mass is 266 g/mol. The lowest BCUT2D eigenvalue weighted by Gasteiger charge is -2.29. The zero-order valence-electron chi connectivity index (χ0n) is 12.2. The summed E-state index contributed by atoms with van der Waals surface area (Å²) in [6.45, 7) is 5.85. The van der Waals surface area contributed by atoms with Crippen LogP contribution in [0.15, 0.2) is 12.1 Å². The van der Waals surface area contributed by atoms with E-state index in [1.165, 1.54) is 0 Å². The second-order valence-electron chi connectivity index (χ2n) is 5.13. The van der Waals surface area contributed by atoms with Crippen molar-refractivity contribution in [2.45, 2.75) is 39.0 Å². The van der Waals surface area contributed by atoms with Gasteiger partial charge in [-0.1, -0.05) is 20.8 Å². The Morgan fingerprint density at radius 3 is 2.16 bits per heavy atom. The number of carboxylic acid groups (broad SMARTS) is 1. The fourth-order valence-corrected chi connectivity index (χ4v) is 2.53. The topological polar surface area (TPSA) is 55.8 Å². The molecule has 1 rings (SSSR count). The first-order valence-corrected chi connectivity index (χ1v) is 6.33. The largest absolute Gasteiger partial charge is 0.496 e. The Morgan fingerprint density at radius 1 is 1.21 bits per heavy atom. The molecule has 0 aliphatic carbocycles. The SMILES string of the molecule is CCc1c(OC)ccc(OC)c1C(C)(C)CC(=O)O. The molecule has 19 heavy (non-hydrogen) atoms. The van der Waals surface area contributed by atoms with Gasteiger partial charge in [0.1, 0.15) is 11.5 Å². The van der Waals surface area contributed by atoms with Crippen molar-refractivity contribution in [1.82, 2.24) is 0 Å². The summed E-state index contributed by atoms with van der Waals surface area (Å²) in [5.74, 6) is 0.664. The molecule has 0 saturated carbocycles. The summed E-state index contributed by atoms with van der Waals surface area (Å²) < 4.78 is 10.8. The van der Waals surface area contributed by atoms with E-state index in [-0.39, 0.29) is 6.42 Å². The van der Waals surface area contributed by atoms with E-state index >= 15 is 0 Å². The molecule has 1 N–H and O–H groups in total. The summed E-state index contributed by atoms with van der Waals surface area (Å²) in [4.78, 5) is 11.1. The Kier molecular flexibility index (Phi) is 4.81. The molecule has 0 spiro atoms. The molecule has 0 atom stereocenters. The summed E-state index contributed by atoms with van der Waals surface area (Å²) in [6.07, 6.45) is 0.808. The van der Waals surface area contributed by atoms with Gasteiger partial charge in [0.2, 0.25) is 0 Å². The van der Waals surface area contributed by atoms with Crippen LogP contribution in [0.25, 0.3) is 0 Å². The van der Waals surface area contributed by atoms with Gasteiger partial charge in [0, 0.05) is 16.5 Å². The molecule has 106 valence electrons. The van der Waals surface area contributed by atoms with Crippen molar-refractivity contribution in [2.75, 3.05) is 14.2 Å². The lowest BCUT2D eigenvalue weighted by molar-refractivity contribution is -0.138. The van der Waals surface area contributed by atoms with Crippen LogP contribution in [0.2, 0.25) is 0 Å². The maximum absolute atomic E-state index is 11.1. The summed E-state index contributed by atoms with van der Waals surface area (Å²) in [7, 11) is 3.22. The Balaban J connectivity index is 3.48. The molecule has 0 amide bonds. The van der Waals surface area contributed by atoms with Crippen molar-refractivity contribution < 1.29 is 19.4 Å². The lowest BCUT2D eigenvalue weighted by Crippen LogP contribution is -2.24. The summed E-state index contributed by atoms with van der Waals surface area (Å²) in [6, 6.07) is 3.69. The number of benzene rings is 1. The van der Waals surface area contributed by atoms with Crippen molar-refractivity contribution in [3.05, 3.63) is 23.3 Å². The van der Waals surface area contributed by atoms with E-state index in [9.17, 15) is 4.79 Å². The molecule has 0 saturated heterocycles. The normalized spacial score (nSPS) is 11.2. The van der Waals surface area contributed by atoms with Gasteiger partial charge in [-0.05, 0) is 18.6 Å². The van der Waals surface area contributed by atoms with Crippen LogP contribution in [0.4, 0.5) is 0 Å². The van der Waals surface area contributed by atoms with Gasteiger partial charge in [-0.15, -0.1) is 0 Å². The van der Waals surface area contributed by atoms with Gasteiger partial charge >= 0.3 is 5.97 Å². The molecule has 0 unspecified atom stereocenters. The quantitative estimate of drug-likeness (QED) is 0.860. The second-order valence-corrected chi connectivity index (χ2v) is 5.13. The van der Waals surface area contributed by atoms with Crippen LogP contribution in [0.5, 0.6) is 11.5 Å². The van der Waals surface area contributed by atoms with E-state index in [2.05, 4.69) is 0 Å². The third-order valence-corrected chi connectivity index (χ3v) is 3.30. The van der Waals surface area contributed by atoms with E-state index in [4.69, 9.17) is 14.6 Å². The second kappa shape index (κ2) is 5.95. The third-order valence-electron chi connectivity index (χ3n) is 3.30. The first kappa shape index (κ1) is 15.3. The zero-order valence-corrected chi connectivity index (χ0v) is 12.2. The molecule has 0 radical (unpaired) electrons. The molecule has 0 fully saturated rings. The standard InChI is InChI=1S/C15H22O4/c1-6-10-11(18-4)7-8-12(19-5)14(10)15(2,3)9-13(16)17/h7-8H,6,9H2,1-5H3,(H,16,17). The lowest BCUT2D eigenvalue weighted by atomic mass is 9.77. The molecule has 0 aliphatic heterocycles. The minimum absolute atomic E-state index is 0.0452. The number of rotatable bonds is 6. The number of carbonyl (C=O) groups is 1. The van der Waals surface area contributed by atoms with Crippen LogP contribution in [-0.2, 0) is 16.6 Å². The number of hydrogen-bond acceptors (Lipinski definition) is 3. The number of methoxy groups -OCH3 is 2. The predicted molar refractivity (Wildman–Crippen MR) is 74.2 cm³/mol. The van der Waals surface area contributed by atoms with Gasteiger partial charge < -0.3 is 14.6 Å². The molecule has 4 heteroatoms. The van der Waals surface area contributed by atoms with Crippen LogP contribution in [-0.4, -0.2) is 25.3 Å². The maximum atomic E-state index is 11.1. The minimum Gasteiger partial charge on any atom is -0.496 e. The van der Waals surface area contributed by atoms with Gasteiger partial charge in [-0.25, -0.2) is 0 Å². The first-order chi connectivity index (χ1) is 8.87. The highest BCUT2D eigenvalue weighted by Gasteiger charge is 2.31. The smallest absolute Gasteiger partial charge is 0.304 e. The molecule has 0 aliphatic rings. The Hall–Kier alpha value is -1.71. The van der Waals surface area contributed by atoms with Crippen LogP contribution in [0.3, 0.4) is 0 Å². The van der Waals surface area contributed by atoms with Gasteiger partial charge in [0.25, 0.3) is 0 Å². The Bertz CT molecular complexity index is 463. The number of aliphatic carboxylic acids is 1. The van der Waals surface area contributed by atoms with Gasteiger partial charge in [-0.2, -0.15) is 0 Å². The summed E-state index contributed by atoms with van der Waals surface area (Å²) in [5.41, 5.74) is 1.41. The molecule has 0 bridgehead atoms. The van der Waals surface area contributed by atoms with E-state index in [1.807, 2.05) is 32.9 Å². The molecule has 1 aromatic rings. The van der Waals surface area contributed by atoms with Crippen LogP contribution < -0.4 is 9.47 Å². The fourth-order valence-electron chi connectivity index (χ4n) is 2.53. The van der Waals surface area contributed by atoms with Crippen molar-refractivity contribution in [2.24, 2.45) is 0 Å². The van der Waals surface area contributed by atoms with Crippen molar-refractivity contribution in [3.63, 3.8) is 0 Å². The average Bonchev–Trinajstić information content (AvgIpc) is 2.35. The van der Waals surface area contributed by atoms with Gasteiger partial charge in [0.05, 0.1) is 20.6 Å². The minimum atomic E-state index is -0.822. The van der Waals surface area contributed by atoms with Crippen molar-refractivity contribution in [1.29, 1.82) is 0 Å². The van der Waals surface area contributed by atoms with Crippen LogP contribution in [0, 0.1) is 0 Å². The van der Waals surface area contributed by atoms with E-state index in [0.29, 0.717) is 5.75 Å². The molecule has 0 heterocycles. The molecular weight excluding hydrogens is 244 g/mol. The van der Waals surface area contributed by atoms with Crippen LogP contribution >= 0.6 is 0 Å². The van der Waals surface area contributed by atoms with E-state index in [1.54, 1.807) is 14.2 Å². The summed E-state index contributed by atoms with van der Waals surface area (Å²) in [5, 5.41) is 9.09.